The van der Waals surface area contributed by atoms with Gasteiger partial charge in [-0.3, -0.25) is 4.79 Å². The molecule has 5 nitrogen and oxygen atoms in total. The maximum absolute atomic E-state index is 12.4. The number of sulfone groups is 1. The number of rotatable bonds is 1. The van der Waals surface area contributed by atoms with Gasteiger partial charge in [0.05, 0.1) is 17.5 Å². The molecule has 2 rings (SSSR count). The molecular formula is C12H22N2O3S. The van der Waals surface area contributed by atoms with Crippen LogP contribution in [0.5, 0.6) is 0 Å². The minimum absolute atomic E-state index is 0.0827. The second-order valence-corrected chi connectivity index (χ2v) is 7.58. The van der Waals surface area contributed by atoms with E-state index in [0.717, 1.165) is 25.8 Å². The lowest BCUT2D eigenvalue weighted by Gasteiger charge is -2.35. The minimum Gasteiger partial charge on any atom is -0.337 e. The third-order valence-electron chi connectivity index (χ3n) is 3.81. The summed E-state index contributed by atoms with van der Waals surface area (Å²) >= 11 is 0. The van der Waals surface area contributed by atoms with E-state index in [1.165, 1.54) is 6.42 Å². The van der Waals surface area contributed by atoms with Gasteiger partial charge in [-0.15, -0.1) is 0 Å². The molecule has 0 aromatic rings. The standard InChI is InChI=1S/C12H22N2O3S/c1-10-9-18(16,17)8-7-14(10)12(15)11-5-3-2-4-6-13-11/h10-11,13H,2-9H2,1H3. The molecule has 0 radical (unpaired) electrons. The van der Waals surface area contributed by atoms with Gasteiger partial charge >= 0.3 is 0 Å². The number of amides is 1. The van der Waals surface area contributed by atoms with E-state index in [2.05, 4.69) is 5.32 Å². The Morgan fingerprint density at radius 1 is 1.28 bits per heavy atom. The molecule has 6 heteroatoms. The Morgan fingerprint density at radius 2 is 2.06 bits per heavy atom. The van der Waals surface area contributed by atoms with Gasteiger partial charge in [-0.25, -0.2) is 8.42 Å². The summed E-state index contributed by atoms with van der Waals surface area (Å²) < 4.78 is 23.0. The number of hydrogen-bond donors (Lipinski definition) is 1. The molecule has 2 aliphatic heterocycles. The van der Waals surface area contributed by atoms with Crippen LogP contribution in [0.25, 0.3) is 0 Å². The van der Waals surface area contributed by atoms with Crippen molar-refractivity contribution in [3.05, 3.63) is 0 Å². The van der Waals surface area contributed by atoms with Crippen LogP contribution < -0.4 is 5.32 Å². The predicted molar refractivity (Wildman–Crippen MR) is 70.1 cm³/mol. The summed E-state index contributed by atoms with van der Waals surface area (Å²) in [5.74, 6) is 0.292. The highest BCUT2D eigenvalue weighted by molar-refractivity contribution is 7.91. The molecule has 0 aromatic carbocycles. The van der Waals surface area contributed by atoms with Crippen molar-refractivity contribution in [2.45, 2.75) is 44.7 Å². The topological polar surface area (TPSA) is 66.5 Å². The first kappa shape index (κ1) is 13.8. The van der Waals surface area contributed by atoms with Crippen molar-refractivity contribution in [2.75, 3.05) is 24.6 Å². The van der Waals surface area contributed by atoms with Crippen LogP contribution in [0.4, 0.5) is 0 Å². The number of carbonyl (C=O) groups is 1. The smallest absolute Gasteiger partial charge is 0.240 e. The van der Waals surface area contributed by atoms with Crippen molar-refractivity contribution < 1.29 is 13.2 Å². The van der Waals surface area contributed by atoms with Crippen LogP contribution in [0.2, 0.25) is 0 Å². The number of nitrogens with zero attached hydrogens (tertiary/aromatic N) is 1. The third kappa shape index (κ3) is 3.23. The lowest BCUT2D eigenvalue weighted by Crippen LogP contribution is -2.55. The van der Waals surface area contributed by atoms with Gasteiger partial charge in [0.1, 0.15) is 0 Å². The first-order valence-electron chi connectivity index (χ1n) is 6.74. The summed E-state index contributed by atoms with van der Waals surface area (Å²) in [5, 5.41) is 3.28. The van der Waals surface area contributed by atoms with Crippen LogP contribution in [0.3, 0.4) is 0 Å². The largest absolute Gasteiger partial charge is 0.337 e. The van der Waals surface area contributed by atoms with Crippen molar-refractivity contribution in [2.24, 2.45) is 0 Å². The van der Waals surface area contributed by atoms with Gasteiger partial charge in [-0.2, -0.15) is 0 Å². The Kier molecular flexibility index (Phi) is 4.27. The molecule has 0 saturated carbocycles. The van der Waals surface area contributed by atoms with Crippen LogP contribution in [-0.4, -0.2) is 55.9 Å². The lowest BCUT2D eigenvalue weighted by atomic mass is 10.1. The van der Waals surface area contributed by atoms with E-state index >= 15 is 0 Å². The van der Waals surface area contributed by atoms with E-state index in [-0.39, 0.29) is 29.5 Å². The quantitative estimate of drug-likeness (QED) is 0.740. The zero-order valence-electron chi connectivity index (χ0n) is 10.9. The van der Waals surface area contributed by atoms with Crippen LogP contribution >= 0.6 is 0 Å². The summed E-state index contributed by atoms with van der Waals surface area (Å²) in [6.45, 7) is 3.06. The summed E-state index contributed by atoms with van der Waals surface area (Å²) in [5.41, 5.74) is 0. The molecule has 2 aliphatic rings. The fourth-order valence-electron chi connectivity index (χ4n) is 2.77. The molecule has 2 heterocycles. The van der Waals surface area contributed by atoms with Gasteiger partial charge in [-0.05, 0) is 26.3 Å². The average molecular weight is 274 g/mol. The molecule has 2 atom stereocenters. The van der Waals surface area contributed by atoms with Crippen LogP contribution in [0.1, 0.15) is 32.6 Å². The fraction of sp³-hybridized carbons (Fsp3) is 0.917. The molecule has 2 saturated heterocycles. The molecule has 1 N–H and O–H groups in total. The number of hydrogen-bond acceptors (Lipinski definition) is 4. The van der Waals surface area contributed by atoms with Gasteiger partial charge in [-0.1, -0.05) is 12.8 Å². The van der Waals surface area contributed by atoms with Gasteiger partial charge in [0, 0.05) is 12.6 Å². The van der Waals surface area contributed by atoms with E-state index in [9.17, 15) is 13.2 Å². The number of carbonyl (C=O) groups excluding carboxylic acids is 1. The van der Waals surface area contributed by atoms with Crippen LogP contribution in [-0.2, 0) is 14.6 Å². The highest BCUT2D eigenvalue weighted by Crippen LogP contribution is 2.16. The van der Waals surface area contributed by atoms with Crippen molar-refractivity contribution in [3.63, 3.8) is 0 Å². The molecule has 104 valence electrons. The Balaban J connectivity index is 2.00. The highest BCUT2D eigenvalue weighted by atomic mass is 32.2. The predicted octanol–water partition coefficient (Wildman–Crippen LogP) is 0.164. The lowest BCUT2D eigenvalue weighted by molar-refractivity contribution is -0.135. The second kappa shape index (κ2) is 5.57. The first-order valence-corrected chi connectivity index (χ1v) is 8.56. The Labute approximate surface area is 109 Å². The van der Waals surface area contributed by atoms with Crippen molar-refractivity contribution in [3.8, 4) is 0 Å². The third-order valence-corrected chi connectivity index (χ3v) is 5.61. The van der Waals surface area contributed by atoms with E-state index in [1.54, 1.807) is 4.90 Å². The summed E-state index contributed by atoms with van der Waals surface area (Å²) in [6, 6.07) is -0.308. The Hall–Kier alpha value is -0.620. The van der Waals surface area contributed by atoms with Crippen LogP contribution in [0.15, 0.2) is 0 Å². The van der Waals surface area contributed by atoms with Gasteiger partial charge in [0.2, 0.25) is 5.91 Å². The summed E-state index contributed by atoms with van der Waals surface area (Å²) in [4.78, 5) is 14.1. The average Bonchev–Trinajstić information content (AvgIpc) is 2.55. The molecule has 2 unspecified atom stereocenters. The van der Waals surface area contributed by atoms with E-state index in [1.807, 2.05) is 6.92 Å². The van der Waals surface area contributed by atoms with E-state index in [4.69, 9.17) is 0 Å². The monoisotopic (exact) mass is 274 g/mol. The highest BCUT2D eigenvalue weighted by Gasteiger charge is 2.34. The van der Waals surface area contributed by atoms with Crippen molar-refractivity contribution in [1.82, 2.24) is 10.2 Å². The minimum atomic E-state index is -2.95. The van der Waals surface area contributed by atoms with Gasteiger partial charge in [0.15, 0.2) is 9.84 Å². The molecular weight excluding hydrogens is 252 g/mol. The van der Waals surface area contributed by atoms with Crippen LogP contribution in [0, 0.1) is 0 Å². The molecule has 2 fully saturated rings. The van der Waals surface area contributed by atoms with Gasteiger partial charge in [0.25, 0.3) is 0 Å². The zero-order chi connectivity index (χ0) is 13.2. The summed E-state index contributed by atoms with van der Waals surface area (Å²) in [6.07, 6.45) is 4.23. The molecule has 18 heavy (non-hydrogen) atoms. The van der Waals surface area contributed by atoms with Gasteiger partial charge < -0.3 is 10.2 Å². The fourth-order valence-corrected chi connectivity index (χ4v) is 4.32. The zero-order valence-corrected chi connectivity index (χ0v) is 11.7. The molecule has 0 bridgehead atoms. The number of nitrogens with one attached hydrogen (secondary N) is 1. The maximum Gasteiger partial charge on any atom is 0.240 e. The van der Waals surface area contributed by atoms with Crippen molar-refractivity contribution in [1.29, 1.82) is 0 Å². The maximum atomic E-state index is 12.4. The summed E-state index contributed by atoms with van der Waals surface area (Å²) in [7, 11) is -2.95. The Morgan fingerprint density at radius 3 is 2.78 bits per heavy atom. The van der Waals surface area contributed by atoms with E-state index in [0.29, 0.717) is 6.54 Å². The van der Waals surface area contributed by atoms with E-state index < -0.39 is 9.84 Å². The Bertz CT molecular complexity index is 400. The second-order valence-electron chi connectivity index (χ2n) is 5.35. The van der Waals surface area contributed by atoms with Crippen molar-refractivity contribution >= 4 is 15.7 Å². The molecule has 0 aromatic heterocycles. The SMILES string of the molecule is CC1CS(=O)(=O)CCN1C(=O)C1CCCCCN1. The normalized spacial score (nSPS) is 32.8. The molecule has 0 aliphatic carbocycles. The first-order chi connectivity index (χ1) is 8.49. The molecule has 1 amide bonds. The molecule has 0 spiro atoms.